The molecule has 0 aliphatic heterocycles. The quantitative estimate of drug-likeness (QED) is 0.359. The second kappa shape index (κ2) is 4.84. The summed E-state index contributed by atoms with van der Waals surface area (Å²) in [6, 6.07) is 15.9. The van der Waals surface area contributed by atoms with E-state index in [-0.39, 0.29) is 5.69 Å². The summed E-state index contributed by atoms with van der Waals surface area (Å²) >= 11 is 5.33. The Balaban J connectivity index is 2.30. The molecule has 0 spiro atoms. The van der Waals surface area contributed by atoms with Crippen molar-refractivity contribution < 1.29 is 4.92 Å². The van der Waals surface area contributed by atoms with Crippen molar-refractivity contribution in [3.8, 4) is 0 Å². The van der Waals surface area contributed by atoms with Crippen molar-refractivity contribution in [3.63, 3.8) is 0 Å². The van der Waals surface area contributed by atoms with E-state index in [1.165, 1.54) is 12.1 Å². The number of benzene rings is 2. The third-order valence-electron chi connectivity index (χ3n) is 2.38. The molecule has 3 nitrogen and oxygen atoms in total. The molecule has 0 amide bonds. The molecule has 2 aromatic carbocycles. The summed E-state index contributed by atoms with van der Waals surface area (Å²) in [7, 11) is 0. The van der Waals surface area contributed by atoms with Gasteiger partial charge in [0.1, 0.15) is 0 Å². The summed E-state index contributed by atoms with van der Waals surface area (Å²) in [5.74, 6) is 0. The Morgan fingerprint density at radius 3 is 2.00 bits per heavy atom. The van der Waals surface area contributed by atoms with Crippen LogP contribution in [0.2, 0.25) is 0 Å². The SMILES string of the molecule is O=[N+]([O-])c1ccc(C(=S)c2ccccc2)cc1. The van der Waals surface area contributed by atoms with Gasteiger partial charge in [0.25, 0.3) is 5.69 Å². The zero-order valence-electron chi connectivity index (χ0n) is 8.87. The summed E-state index contributed by atoms with van der Waals surface area (Å²) in [4.78, 5) is 10.8. The van der Waals surface area contributed by atoms with E-state index in [0.717, 1.165) is 11.1 Å². The zero-order valence-corrected chi connectivity index (χ0v) is 9.68. The van der Waals surface area contributed by atoms with E-state index in [4.69, 9.17) is 12.2 Å². The fraction of sp³-hybridized carbons (Fsp3) is 0. The van der Waals surface area contributed by atoms with Crippen LogP contribution in [0.15, 0.2) is 54.6 Å². The fourth-order valence-electron chi connectivity index (χ4n) is 1.49. The van der Waals surface area contributed by atoms with Gasteiger partial charge in [0, 0.05) is 12.1 Å². The van der Waals surface area contributed by atoms with Crippen LogP contribution in [0.3, 0.4) is 0 Å². The molecule has 0 fully saturated rings. The number of nitro groups is 1. The fourth-order valence-corrected chi connectivity index (χ4v) is 1.76. The van der Waals surface area contributed by atoms with Gasteiger partial charge in [-0.15, -0.1) is 0 Å². The largest absolute Gasteiger partial charge is 0.269 e. The molecule has 0 aliphatic rings. The maximum atomic E-state index is 10.5. The van der Waals surface area contributed by atoms with Crippen LogP contribution in [0.1, 0.15) is 11.1 Å². The Labute approximate surface area is 104 Å². The van der Waals surface area contributed by atoms with Gasteiger partial charge >= 0.3 is 0 Å². The first-order valence-corrected chi connectivity index (χ1v) is 5.43. The maximum Gasteiger partial charge on any atom is 0.269 e. The molecule has 0 aromatic heterocycles. The highest BCUT2D eigenvalue weighted by Crippen LogP contribution is 2.15. The molecular weight excluding hydrogens is 234 g/mol. The Morgan fingerprint density at radius 1 is 0.941 bits per heavy atom. The van der Waals surface area contributed by atoms with E-state index < -0.39 is 4.92 Å². The molecule has 2 aromatic rings. The van der Waals surface area contributed by atoms with Crippen LogP contribution in [0.25, 0.3) is 0 Å². The van der Waals surface area contributed by atoms with Crippen molar-refractivity contribution in [2.24, 2.45) is 0 Å². The minimum atomic E-state index is -0.421. The van der Waals surface area contributed by atoms with E-state index in [9.17, 15) is 10.1 Å². The van der Waals surface area contributed by atoms with Crippen molar-refractivity contribution >= 4 is 22.8 Å². The lowest BCUT2D eigenvalue weighted by Gasteiger charge is -2.03. The van der Waals surface area contributed by atoms with Gasteiger partial charge < -0.3 is 0 Å². The molecule has 0 atom stereocenters. The first-order valence-electron chi connectivity index (χ1n) is 5.02. The first-order chi connectivity index (χ1) is 8.18. The molecule has 0 heterocycles. The van der Waals surface area contributed by atoms with Crippen LogP contribution in [-0.2, 0) is 0 Å². The van der Waals surface area contributed by atoms with Gasteiger partial charge in [-0.25, -0.2) is 0 Å². The van der Waals surface area contributed by atoms with Crippen LogP contribution in [0, 0.1) is 10.1 Å². The van der Waals surface area contributed by atoms with Crippen molar-refractivity contribution in [3.05, 3.63) is 75.8 Å². The van der Waals surface area contributed by atoms with Gasteiger partial charge in [-0.1, -0.05) is 42.5 Å². The van der Waals surface area contributed by atoms with Crippen molar-refractivity contribution in [2.45, 2.75) is 0 Å². The second-order valence-corrected chi connectivity index (χ2v) is 3.91. The molecule has 0 saturated heterocycles. The third kappa shape index (κ3) is 2.54. The van der Waals surface area contributed by atoms with Gasteiger partial charge in [-0.2, -0.15) is 0 Å². The second-order valence-electron chi connectivity index (χ2n) is 3.50. The van der Waals surface area contributed by atoms with Gasteiger partial charge in [0.05, 0.1) is 9.79 Å². The molecular formula is C13H9NO2S. The highest BCUT2D eigenvalue weighted by molar-refractivity contribution is 7.81. The van der Waals surface area contributed by atoms with E-state index in [1.54, 1.807) is 12.1 Å². The van der Waals surface area contributed by atoms with Crippen LogP contribution in [0.5, 0.6) is 0 Å². The number of hydrogen-bond acceptors (Lipinski definition) is 3. The van der Waals surface area contributed by atoms with Crippen LogP contribution >= 0.6 is 12.2 Å². The van der Waals surface area contributed by atoms with E-state index in [0.29, 0.717) is 4.86 Å². The standard InChI is InChI=1S/C13H9NO2S/c15-14(16)12-8-6-11(7-9-12)13(17)10-4-2-1-3-5-10/h1-9H. The molecule has 0 saturated carbocycles. The average molecular weight is 243 g/mol. The Bertz CT molecular complexity index is 549. The Kier molecular flexibility index (Phi) is 3.25. The summed E-state index contributed by atoms with van der Waals surface area (Å²) in [6.07, 6.45) is 0. The maximum absolute atomic E-state index is 10.5. The number of nitrogens with zero attached hydrogens (tertiary/aromatic N) is 1. The van der Waals surface area contributed by atoms with Crippen molar-refractivity contribution in [1.82, 2.24) is 0 Å². The van der Waals surface area contributed by atoms with Crippen LogP contribution in [-0.4, -0.2) is 9.79 Å². The number of nitro benzene ring substituents is 1. The number of rotatable bonds is 3. The topological polar surface area (TPSA) is 43.1 Å². The highest BCUT2D eigenvalue weighted by atomic mass is 32.1. The molecule has 0 N–H and O–H groups in total. The number of hydrogen-bond donors (Lipinski definition) is 0. The zero-order chi connectivity index (χ0) is 12.3. The summed E-state index contributed by atoms with van der Waals surface area (Å²) < 4.78 is 0. The summed E-state index contributed by atoms with van der Waals surface area (Å²) in [6.45, 7) is 0. The van der Waals surface area contributed by atoms with Crippen molar-refractivity contribution in [2.75, 3.05) is 0 Å². The lowest BCUT2D eigenvalue weighted by molar-refractivity contribution is -0.384. The smallest absolute Gasteiger partial charge is 0.258 e. The monoisotopic (exact) mass is 243 g/mol. The summed E-state index contributed by atoms with van der Waals surface area (Å²) in [5, 5.41) is 10.5. The van der Waals surface area contributed by atoms with Crippen LogP contribution < -0.4 is 0 Å². The molecule has 2 rings (SSSR count). The minimum absolute atomic E-state index is 0.0737. The number of thiocarbonyl (C=S) groups is 1. The normalized spacial score (nSPS) is 9.88. The van der Waals surface area contributed by atoms with Gasteiger partial charge in [0.2, 0.25) is 0 Å². The van der Waals surface area contributed by atoms with Gasteiger partial charge in [-0.3, -0.25) is 10.1 Å². The van der Waals surface area contributed by atoms with Gasteiger partial charge in [-0.05, 0) is 23.3 Å². The lowest BCUT2D eigenvalue weighted by Crippen LogP contribution is -1.99. The first kappa shape index (κ1) is 11.4. The molecule has 0 unspecified atom stereocenters. The molecule has 4 heteroatoms. The highest BCUT2D eigenvalue weighted by Gasteiger charge is 2.07. The minimum Gasteiger partial charge on any atom is -0.258 e. The van der Waals surface area contributed by atoms with E-state index >= 15 is 0 Å². The Hall–Kier alpha value is -2.07. The predicted octanol–water partition coefficient (Wildman–Crippen LogP) is 3.36. The molecule has 17 heavy (non-hydrogen) atoms. The molecule has 0 radical (unpaired) electrons. The molecule has 0 aliphatic carbocycles. The van der Waals surface area contributed by atoms with Crippen LogP contribution in [0.4, 0.5) is 5.69 Å². The average Bonchev–Trinajstić information content (AvgIpc) is 2.39. The van der Waals surface area contributed by atoms with Gasteiger partial charge in [0.15, 0.2) is 0 Å². The van der Waals surface area contributed by atoms with Crippen molar-refractivity contribution in [1.29, 1.82) is 0 Å². The lowest BCUT2D eigenvalue weighted by atomic mass is 10.0. The predicted molar refractivity (Wildman–Crippen MR) is 70.3 cm³/mol. The summed E-state index contributed by atoms with van der Waals surface area (Å²) in [5.41, 5.74) is 1.83. The Morgan fingerprint density at radius 2 is 1.47 bits per heavy atom. The van der Waals surface area contributed by atoms with E-state index in [2.05, 4.69) is 0 Å². The molecule has 0 bridgehead atoms. The molecule has 84 valence electrons. The van der Waals surface area contributed by atoms with E-state index in [1.807, 2.05) is 30.3 Å². The third-order valence-corrected chi connectivity index (χ3v) is 2.85. The number of non-ortho nitro benzene ring substituents is 1.